The molecule has 106 valence electrons. The third-order valence-electron chi connectivity index (χ3n) is 2.59. The maximum Gasteiger partial charge on any atom is 0.264 e. The lowest BCUT2D eigenvalue weighted by atomic mass is 10.3. The van der Waals surface area contributed by atoms with Gasteiger partial charge in [-0.05, 0) is 26.0 Å². The average molecular weight is 315 g/mol. The van der Waals surface area contributed by atoms with Gasteiger partial charge in [0.15, 0.2) is 5.13 Å². The SMILES string of the molecule is Cc1nn(C(C)C(=O)NN=Cc2ccc(F)s2)cc1Cl. The Morgan fingerprint density at radius 3 is 2.95 bits per heavy atom. The van der Waals surface area contributed by atoms with Crippen molar-refractivity contribution in [3.63, 3.8) is 0 Å². The first-order valence-electron chi connectivity index (χ1n) is 5.77. The van der Waals surface area contributed by atoms with Crippen LogP contribution in [-0.2, 0) is 4.79 Å². The van der Waals surface area contributed by atoms with Crippen LogP contribution in [0.1, 0.15) is 23.5 Å². The van der Waals surface area contributed by atoms with Crippen molar-refractivity contribution in [1.82, 2.24) is 15.2 Å². The molecule has 0 saturated carbocycles. The van der Waals surface area contributed by atoms with E-state index in [1.54, 1.807) is 26.1 Å². The van der Waals surface area contributed by atoms with Crippen LogP contribution in [0.2, 0.25) is 5.02 Å². The molecule has 2 heterocycles. The van der Waals surface area contributed by atoms with Crippen molar-refractivity contribution in [2.45, 2.75) is 19.9 Å². The number of thiophene rings is 1. The van der Waals surface area contributed by atoms with Crippen LogP contribution in [0.15, 0.2) is 23.4 Å². The van der Waals surface area contributed by atoms with Crippen molar-refractivity contribution in [3.8, 4) is 0 Å². The molecule has 0 spiro atoms. The van der Waals surface area contributed by atoms with Crippen molar-refractivity contribution in [2.75, 3.05) is 0 Å². The van der Waals surface area contributed by atoms with E-state index in [0.29, 0.717) is 15.6 Å². The van der Waals surface area contributed by atoms with Crippen molar-refractivity contribution in [1.29, 1.82) is 0 Å². The van der Waals surface area contributed by atoms with E-state index in [4.69, 9.17) is 11.6 Å². The number of hydrazone groups is 1. The van der Waals surface area contributed by atoms with Gasteiger partial charge in [-0.25, -0.2) is 5.43 Å². The zero-order chi connectivity index (χ0) is 14.7. The number of aryl methyl sites for hydroxylation is 1. The highest BCUT2D eigenvalue weighted by Gasteiger charge is 2.16. The summed E-state index contributed by atoms with van der Waals surface area (Å²) in [6.07, 6.45) is 2.97. The fourth-order valence-electron chi connectivity index (χ4n) is 1.43. The van der Waals surface area contributed by atoms with Gasteiger partial charge in [0.1, 0.15) is 6.04 Å². The molecule has 0 bridgehead atoms. The van der Waals surface area contributed by atoms with E-state index in [-0.39, 0.29) is 11.0 Å². The zero-order valence-electron chi connectivity index (χ0n) is 10.8. The molecule has 2 aromatic heterocycles. The number of nitrogens with one attached hydrogen (secondary N) is 1. The topological polar surface area (TPSA) is 59.3 Å². The molecule has 2 aromatic rings. The molecule has 20 heavy (non-hydrogen) atoms. The molecule has 1 amide bonds. The molecule has 0 saturated heterocycles. The van der Waals surface area contributed by atoms with Gasteiger partial charge in [-0.1, -0.05) is 11.6 Å². The van der Waals surface area contributed by atoms with Crippen LogP contribution in [0.5, 0.6) is 0 Å². The fraction of sp³-hybridized carbons (Fsp3) is 0.250. The molecular formula is C12H12ClFN4OS. The molecule has 0 aliphatic rings. The molecule has 1 atom stereocenters. The van der Waals surface area contributed by atoms with Crippen LogP contribution in [0.4, 0.5) is 4.39 Å². The molecule has 0 aromatic carbocycles. The van der Waals surface area contributed by atoms with Crippen LogP contribution in [-0.4, -0.2) is 21.9 Å². The minimum absolute atomic E-state index is 0.298. The highest BCUT2D eigenvalue weighted by atomic mass is 35.5. The summed E-state index contributed by atoms with van der Waals surface area (Å²) in [4.78, 5) is 12.5. The monoisotopic (exact) mass is 314 g/mol. The van der Waals surface area contributed by atoms with Crippen molar-refractivity contribution in [3.05, 3.63) is 39.1 Å². The first kappa shape index (κ1) is 14.7. The summed E-state index contributed by atoms with van der Waals surface area (Å²) >= 11 is 6.83. The van der Waals surface area contributed by atoms with Crippen molar-refractivity contribution < 1.29 is 9.18 Å². The minimum atomic E-state index is -0.543. The number of amides is 1. The number of halogens is 2. The van der Waals surface area contributed by atoms with Gasteiger partial charge in [-0.15, -0.1) is 11.3 Å². The lowest BCUT2D eigenvalue weighted by Crippen LogP contribution is -2.27. The Bertz CT molecular complexity index is 632. The lowest BCUT2D eigenvalue weighted by molar-refractivity contribution is -0.124. The van der Waals surface area contributed by atoms with Crippen LogP contribution >= 0.6 is 22.9 Å². The molecule has 1 N–H and O–H groups in total. The molecule has 0 aliphatic heterocycles. The third-order valence-corrected chi connectivity index (χ3v) is 3.77. The van der Waals surface area contributed by atoms with Crippen LogP contribution in [0.3, 0.4) is 0 Å². The number of rotatable bonds is 4. The third kappa shape index (κ3) is 3.43. The average Bonchev–Trinajstić information content (AvgIpc) is 2.96. The summed E-state index contributed by atoms with van der Waals surface area (Å²) in [5.41, 5.74) is 3.03. The number of nitrogens with zero attached hydrogens (tertiary/aromatic N) is 3. The molecule has 1 unspecified atom stereocenters. The summed E-state index contributed by atoms with van der Waals surface area (Å²) < 4.78 is 14.2. The Morgan fingerprint density at radius 1 is 1.65 bits per heavy atom. The predicted molar refractivity (Wildman–Crippen MR) is 76.7 cm³/mol. The van der Waals surface area contributed by atoms with Gasteiger partial charge in [0.25, 0.3) is 5.91 Å². The van der Waals surface area contributed by atoms with Gasteiger partial charge >= 0.3 is 0 Å². The summed E-state index contributed by atoms with van der Waals surface area (Å²) in [5, 5.41) is 8.10. The Morgan fingerprint density at radius 2 is 2.40 bits per heavy atom. The van der Waals surface area contributed by atoms with Gasteiger partial charge in [-0.3, -0.25) is 9.48 Å². The first-order valence-corrected chi connectivity index (χ1v) is 6.96. The molecule has 8 heteroatoms. The minimum Gasteiger partial charge on any atom is -0.271 e. The smallest absolute Gasteiger partial charge is 0.264 e. The number of carbonyl (C=O) groups is 1. The van der Waals surface area contributed by atoms with E-state index in [0.717, 1.165) is 11.3 Å². The van der Waals surface area contributed by atoms with E-state index in [1.807, 2.05) is 0 Å². The summed E-state index contributed by atoms with van der Waals surface area (Å²) in [6.45, 7) is 3.44. The molecular weight excluding hydrogens is 303 g/mol. The number of hydrogen-bond acceptors (Lipinski definition) is 4. The molecule has 0 fully saturated rings. The molecule has 5 nitrogen and oxygen atoms in total. The quantitative estimate of drug-likeness (QED) is 0.697. The maximum atomic E-state index is 12.7. The van der Waals surface area contributed by atoms with Gasteiger partial charge in [0.05, 0.1) is 21.8 Å². The lowest BCUT2D eigenvalue weighted by Gasteiger charge is -2.09. The second kappa shape index (κ2) is 6.15. The van der Waals surface area contributed by atoms with Gasteiger partial charge in [-0.2, -0.15) is 14.6 Å². The Balaban J connectivity index is 1.96. The predicted octanol–water partition coefficient (Wildman–Crippen LogP) is 2.76. The normalized spacial score (nSPS) is 12.8. The highest BCUT2D eigenvalue weighted by Crippen LogP contribution is 2.16. The second-order valence-electron chi connectivity index (χ2n) is 4.09. The second-order valence-corrected chi connectivity index (χ2v) is 5.57. The Kier molecular flexibility index (Phi) is 4.51. The van der Waals surface area contributed by atoms with E-state index in [1.165, 1.54) is 17.0 Å². The van der Waals surface area contributed by atoms with Gasteiger partial charge in [0.2, 0.25) is 0 Å². The molecule has 0 radical (unpaired) electrons. The van der Waals surface area contributed by atoms with E-state index in [9.17, 15) is 9.18 Å². The molecule has 2 rings (SSSR count). The number of carbonyl (C=O) groups excluding carboxylic acids is 1. The summed E-state index contributed by atoms with van der Waals surface area (Å²) in [7, 11) is 0. The Hall–Kier alpha value is -1.73. The van der Waals surface area contributed by atoms with Gasteiger partial charge in [0, 0.05) is 6.20 Å². The van der Waals surface area contributed by atoms with Crippen LogP contribution in [0.25, 0.3) is 0 Å². The van der Waals surface area contributed by atoms with Gasteiger partial charge < -0.3 is 0 Å². The molecule has 0 aliphatic carbocycles. The van der Waals surface area contributed by atoms with Crippen LogP contribution < -0.4 is 5.43 Å². The largest absolute Gasteiger partial charge is 0.271 e. The van der Waals surface area contributed by atoms with Crippen molar-refractivity contribution >= 4 is 35.1 Å². The zero-order valence-corrected chi connectivity index (χ0v) is 12.4. The van der Waals surface area contributed by atoms with E-state index >= 15 is 0 Å². The van der Waals surface area contributed by atoms with E-state index in [2.05, 4.69) is 15.6 Å². The fourth-order valence-corrected chi connectivity index (χ4v) is 2.17. The number of aromatic nitrogens is 2. The summed E-state index contributed by atoms with van der Waals surface area (Å²) in [6, 6.07) is 2.37. The van der Waals surface area contributed by atoms with E-state index < -0.39 is 6.04 Å². The standard InChI is InChI=1S/C12H12ClFN4OS/c1-7-10(13)6-18(17-7)8(2)12(19)16-15-5-9-3-4-11(14)20-9/h3-6,8H,1-2H3,(H,16,19). The Labute approximate surface area is 124 Å². The van der Waals surface area contributed by atoms with Crippen molar-refractivity contribution in [2.24, 2.45) is 5.10 Å². The summed E-state index contributed by atoms with van der Waals surface area (Å²) in [5.74, 6) is -0.336. The first-order chi connectivity index (χ1) is 9.47. The maximum absolute atomic E-state index is 12.7. The highest BCUT2D eigenvalue weighted by molar-refractivity contribution is 7.12. The number of hydrogen-bond donors (Lipinski definition) is 1. The van der Waals surface area contributed by atoms with Crippen LogP contribution in [0, 0.1) is 12.1 Å².